The molecule has 0 aliphatic rings. The average molecular weight is 340 g/mol. The van der Waals surface area contributed by atoms with E-state index in [0.717, 1.165) is 15.8 Å². The summed E-state index contributed by atoms with van der Waals surface area (Å²) >= 11 is 3.40. The second kappa shape index (κ2) is 6.51. The molecule has 0 aliphatic heterocycles. The third-order valence-corrected chi connectivity index (χ3v) is 3.19. The molecule has 1 amide bonds. The monoisotopic (exact) mass is 339 g/mol. The molecule has 2 rings (SSSR count). The Morgan fingerprint density at radius 3 is 2.85 bits per heavy atom. The number of hydrogen-bond donors (Lipinski definition) is 1. The number of halogens is 1. The SMILES string of the molecule is COc1cc(Br)cc(CNC(=O)Cc2nonc2C)c1. The molecule has 7 heteroatoms. The number of methoxy groups -OCH3 is 1. The van der Waals surface area contributed by atoms with Crippen LogP contribution in [-0.4, -0.2) is 23.3 Å². The molecular formula is C13H14BrN3O3. The van der Waals surface area contributed by atoms with Crippen LogP contribution >= 0.6 is 15.9 Å². The van der Waals surface area contributed by atoms with Gasteiger partial charge in [-0.1, -0.05) is 26.2 Å². The van der Waals surface area contributed by atoms with E-state index in [1.165, 1.54) is 0 Å². The highest BCUT2D eigenvalue weighted by atomic mass is 79.9. The van der Waals surface area contributed by atoms with Crippen LogP contribution in [0, 0.1) is 6.92 Å². The van der Waals surface area contributed by atoms with E-state index < -0.39 is 0 Å². The highest BCUT2D eigenvalue weighted by Gasteiger charge is 2.11. The van der Waals surface area contributed by atoms with Crippen molar-refractivity contribution in [2.45, 2.75) is 19.9 Å². The number of nitrogens with one attached hydrogen (secondary N) is 1. The molecule has 1 aromatic carbocycles. The van der Waals surface area contributed by atoms with Crippen LogP contribution in [0.15, 0.2) is 27.3 Å². The number of carbonyl (C=O) groups excluding carboxylic acids is 1. The lowest BCUT2D eigenvalue weighted by atomic mass is 10.2. The van der Waals surface area contributed by atoms with Crippen LogP contribution in [-0.2, 0) is 17.8 Å². The summed E-state index contributed by atoms with van der Waals surface area (Å²) in [6.07, 6.45) is 0.153. The fraction of sp³-hybridized carbons (Fsp3) is 0.308. The zero-order chi connectivity index (χ0) is 14.5. The Morgan fingerprint density at radius 2 is 2.20 bits per heavy atom. The molecule has 0 atom stereocenters. The summed E-state index contributed by atoms with van der Waals surface area (Å²) in [4.78, 5) is 11.8. The van der Waals surface area contributed by atoms with Gasteiger partial charge >= 0.3 is 0 Å². The van der Waals surface area contributed by atoms with E-state index in [9.17, 15) is 4.79 Å². The summed E-state index contributed by atoms with van der Waals surface area (Å²) < 4.78 is 10.6. The van der Waals surface area contributed by atoms with Gasteiger partial charge in [-0.15, -0.1) is 0 Å². The van der Waals surface area contributed by atoms with Gasteiger partial charge in [-0.05, 0) is 30.7 Å². The molecule has 1 N–H and O–H groups in total. The molecule has 2 aromatic rings. The first-order valence-corrected chi connectivity index (χ1v) is 6.76. The minimum atomic E-state index is -0.136. The number of rotatable bonds is 5. The van der Waals surface area contributed by atoms with Gasteiger partial charge in [0, 0.05) is 11.0 Å². The van der Waals surface area contributed by atoms with Gasteiger partial charge in [0.1, 0.15) is 17.1 Å². The third kappa shape index (κ3) is 3.80. The van der Waals surface area contributed by atoms with Crippen LogP contribution < -0.4 is 10.1 Å². The van der Waals surface area contributed by atoms with Gasteiger partial charge in [-0.2, -0.15) is 0 Å². The van der Waals surface area contributed by atoms with Gasteiger partial charge in [-0.25, -0.2) is 4.63 Å². The normalized spacial score (nSPS) is 10.3. The average Bonchev–Trinajstić information content (AvgIpc) is 2.81. The summed E-state index contributed by atoms with van der Waals surface area (Å²) in [6, 6.07) is 5.65. The Balaban J connectivity index is 1.93. The fourth-order valence-electron chi connectivity index (χ4n) is 1.67. The van der Waals surface area contributed by atoms with Crippen molar-refractivity contribution in [2.75, 3.05) is 7.11 Å². The lowest BCUT2D eigenvalue weighted by Gasteiger charge is -2.07. The van der Waals surface area contributed by atoms with E-state index in [-0.39, 0.29) is 12.3 Å². The molecular weight excluding hydrogens is 326 g/mol. The largest absolute Gasteiger partial charge is 0.497 e. The first-order valence-electron chi connectivity index (χ1n) is 5.96. The Labute approximate surface area is 124 Å². The van der Waals surface area contributed by atoms with Gasteiger partial charge in [0.05, 0.1) is 13.5 Å². The maximum atomic E-state index is 11.8. The Morgan fingerprint density at radius 1 is 1.40 bits per heavy atom. The minimum Gasteiger partial charge on any atom is -0.497 e. The summed E-state index contributed by atoms with van der Waals surface area (Å²) in [5.74, 6) is 0.600. The van der Waals surface area contributed by atoms with Crippen molar-refractivity contribution < 1.29 is 14.2 Å². The van der Waals surface area contributed by atoms with Crippen LogP contribution in [0.2, 0.25) is 0 Å². The van der Waals surface area contributed by atoms with Crippen LogP contribution in [0.25, 0.3) is 0 Å². The van der Waals surface area contributed by atoms with Crippen molar-refractivity contribution in [1.29, 1.82) is 0 Å². The van der Waals surface area contributed by atoms with Gasteiger partial charge in [-0.3, -0.25) is 4.79 Å². The summed E-state index contributed by atoms with van der Waals surface area (Å²) in [6.45, 7) is 2.16. The molecule has 0 unspecified atom stereocenters. The molecule has 0 bridgehead atoms. The topological polar surface area (TPSA) is 77.2 Å². The Bertz CT molecular complexity index is 613. The van der Waals surface area contributed by atoms with Crippen molar-refractivity contribution >= 4 is 21.8 Å². The van der Waals surface area contributed by atoms with Gasteiger partial charge in [0.25, 0.3) is 0 Å². The molecule has 0 fully saturated rings. The highest BCUT2D eigenvalue weighted by molar-refractivity contribution is 9.10. The van der Waals surface area contributed by atoms with E-state index in [1.54, 1.807) is 14.0 Å². The van der Waals surface area contributed by atoms with Gasteiger partial charge in [0.2, 0.25) is 5.91 Å². The quantitative estimate of drug-likeness (QED) is 0.901. The van der Waals surface area contributed by atoms with Crippen LogP contribution in [0.4, 0.5) is 0 Å². The number of benzene rings is 1. The third-order valence-electron chi connectivity index (χ3n) is 2.73. The van der Waals surface area contributed by atoms with Crippen molar-refractivity contribution in [3.63, 3.8) is 0 Å². The number of carbonyl (C=O) groups is 1. The molecule has 20 heavy (non-hydrogen) atoms. The van der Waals surface area contributed by atoms with Crippen LogP contribution in [0.1, 0.15) is 17.0 Å². The van der Waals surface area contributed by atoms with Crippen LogP contribution in [0.5, 0.6) is 5.75 Å². The standard InChI is InChI=1S/C13H14BrN3O3/c1-8-12(17-20-16-8)6-13(18)15-7-9-3-10(14)5-11(4-9)19-2/h3-5H,6-7H2,1-2H3,(H,15,18). The van der Waals surface area contributed by atoms with Crippen LogP contribution in [0.3, 0.4) is 0 Å². The minimum absolute atomic E-state index is 0.136. The lowest BCUT2D eigenvalue weighted by Crippen LogP contribution is -2.25. The molecule has 0 saturated heterocycles. The smallest absolute Gasteiger partial charge is 0.226 e. The first kappa shape index (κ1) is 14.5. The number of aryl methyl sites for hydroxylation is 1. The first-order chi connectivity index (χ1) is 9.58. The number of aromatic nitrogens is 2. The van der Waals surface area contributed by atoms with E-state index >= 15 is 0 Å². The molecule has 106 valence electrons. The van der Waals surface area contributed by atoms with E-state index in [4.69, 9.17) is 4.74 Å². The zero-order valence-corrected chi connectivity index (χ0v) is 12.7. The van der Waals surface area contributed by atoms with E-state index in [1.807, 2.05) is 18.2 Å². The second-order valence-electron chi connectivity index (χ2n) is 4.25. The molecule has 1 aromatic heterocycles. The van der Waals surface area contributed by atoms with Gasteiger partial charge in [0.15, 0.2) is 0 Å². The Hall–Kier alpha value is -1.89. The summed E-state index contributed by atoms with van der Waals surface area (Å²) in [7, 11) is 1.60. The molecule has 0 saturated carbocycles. The Kier molecular flexibility index (Phi) is 4.73. The molecule has 6 nitrogen and oxygen atoms in total. The summed E-state index contributed by atoms with van der Waals surface area (Å²) in [5, 5.41) is 10.1. The van der Waals surface area contributed by atoms with E-state index in [2.05, 4.69) is 36.2 Å². The predicted octanol–water partition coefficient (Wildman–Crippen LogP) is 2.01. The van der Waals surface area contributed by atoms with Gasteiger partial charge < -0.3 is 10.1 Å². The van der Waals surface area contributed by atoms with E-state index in [0.29, 0.717) is 17.9 Å². The number of ether oxygens (including phenoxy) is 1. The van der Waals surface area contributed by atoms with Crippen molar-refractivity contribution in [3.8, 4) is 5.75 Å². The zero-order valence-electron chi connectivity index (χ0n) is 11.1. The molecule has 0 radical (unpaired) electrons. The summed E-state index contributed by atoms with van der Waals surface area (Å²) in [5.41, 5.74) is 2.12. The number of amides is 1. The maximum Gasteiger partial charge on any atom is 0.226 e. The molecule has 1 heterocycles. The van der Waals surface area contributed by atoms with Crippen molar-refractivity contribution in [1.82, 2.24) is 15.6 Å². The molecule has 0 aliphatic carbocycles. The molecule has 0 spiro atoms. The second-order valence-corrected chi connectivity index (χ2v) is 5.16. The maximum absolute atomic E-state index is 11.8. The fourth-order valence-corrected chi connectivity index (χ4v) is 2.19. The predicted molar refractivity (Wildman–Crippen MR) is 75.3 cm³/mol. The highest BCUT2D eigenvalue weighted by Crippen LogP contribution is 2.21. The number of nitrogens with zero attached hydrogens (tertiary/aromatic N) is 2. The van der Waals surface area contributed by atoms with Crippen molar-refractivity contribution in [2.24, 2.45) is 0 Å². The van der Waals surface area contributed by atoms with Crippen molar-refractivity contribution in [3.05, 3.63) is 39.6 Å². The number of hydrogen-bond acceptors (Lipinski definition) is 5. The lowest BCUT2D eigenvalue weighted by molar-refractivity contribution is -0.120.